The number of thioether (sulfide) groups is 1. The molecule has 10 heteroatoms. The molecule has 0 bridgehead atoms. The summed E-state index contributed by atoms with van der Waals surface area (Å²) in [6.45, 7) is -0.358. The van der Waals surface area contributed by atoms with E-state index in [1.807, 2.05) is 0 Å². The van der Waals surface area contributed by atoms with Crippen molar-refractivity contribution in [2.24, 2.45) is 0 Å². The number of hydrogen-bond donors (Lipinski definition) is 1. The van der Waals surface area contributed by atoms with Crippen LogP contribution in [0.3, 0.4) is 0 Å². The minimum atomic E-state index is -1.09. The minimum Gasteiger partial charge on any atom is -0.482 e. The number of nitrogens with zero attached hydrogens (tertiary/aromatic N) is 1. The van der Waals surface area contributed by atoms with Gasteiger partial charge in [0.05, 0.1) is 11.8 Å². The quantitative estimate of drug-likeness (QED) is 0.340. The highest BCUT2D eigenvalue weighted by Gasteiger charge is 2.49. The van der Waals surface area contributed by atoms with E-state index in [9.17, 15) is 18.8 Å². The Morgan fingerprint density at radius 3 is 2.47 bits per heavy atom. The summed E-state index contributed by atoms with van der Waals surface area (Å²) in [4.78, 5) is 38.3. The number of carboxylic acid groups (broad SMARTS) is 1. The third-order valence-electron chi connectivity index (χ3n) is 5.82. The van der Waals surface area contributed by atoms with Crippen molar-refractivity contribution in [2.75, 3.05) is 24.1 Å². The summed E-state index contributed by atoms with van der Waals surface area (Å²) in [5, 5.41) is 8.26. The van der Waals surface area contributed by atoms with Crippen LogP contribution in [0.4, 0.5) is 10.1 Å². The Morgan fingerprint density at radius 1 is 1.03 bits per heavy atom. The largest absolute Gasteiger partial charge is 0.482 e. The van der Waals surface area contributed by atoms with E-state index in [4.69, 9.17) is 19.3 Å². The molecule has 1 saturated heterocycles. The molecule has 0 radical (unpaired) electrons. The lowest BCUT2D eigenvalue weighted by atomic mass is 9.92. The van der Waals surface area contributed by atoms with Crippen LogP contribution < -0.4 is 19.1 Å². The molecule has 8 nitrogen and oxygen atoms in total. The molecule has 0 unspecified atom stereocenters. The number of carbonyl (C=O) groups excluding carboxylic acids is 2. The predicted octanol–water partition coefficient (Wildman–Crippen LogP) is 4.09. The van der Waals surface area contributed by atoms with E-state index in [0.29, 0.717) is 28.5 Å². The molecule has 1 fully saturated rings. The Morgan fingerprint density at radius 2 is 1.75 bits per heavy atom. The van der Waals surface area contributed by atoms with Crippen LogP contribution in [0.2, 0.25) is 0 Å². The lowest BCUT2D eigenvalue weighted by molar-refractivity contribution is -0.139. The van der Waals surface area contributed by atoms with Crippen molar-refractivity contribution in [3.05, 3.63) is 83.7 Å². The summed E-state index contributed by atoms with van der Waals surface area (Å²) in [5.41, 5.74) is 1.77. The van der Waals surface area contributed by atoms with Gasteiger partial charge in [0, 0.05) is 11.3 Å². The number of rotatable bonds is 9. The number of halogens is 1. The lowest BCUT2D eigenvalue weighted by Crippen LogP contribution is -2.57. The fourth-order valence-electron chi connectivity index (χ4n) is 4.06. The van der Waals surface area contributed by atoms with Crippen LogP contribution >= 0.6 is 11.8 Å². The Labute approximate surface area is 209 Å². The number of carbonyl (C=O) groups is 3. The van der Waals surface area contributed by atoms with Crippen molar-refractivity contribution in [2.45, 2.75) is 11.3 Å². The number of carboxylic acids is 1. The molecule has 36 heavy (non-hydrogen) atoms. The van der Waals surface area contributed by atoms with Gasteiger partial charge in [-0.1, -0.05) is 12.1 Å². The standard InChI is InChI=1S/C26H20FNO7S/c27-17-4-6-18(7-5-17)28-24(15-1-8-19(9-2-15)33-12-23(30)31)25(26(28)32)36-13-20(29)16-3-10-21-22(11-16)35-14-34-21/h1-11,24-25H,12-14H2,(H,30,31)/t24-,25-/m1/s1. The second kappa shape index (κ2) is 9.90. The maximum absolute atomic E-state index is 13.5. The van der Waals surface area contributed by atoms with Crippen LogP contribution in [-0.4, -0.2) is 47.2 Å². The molecule has 0 aromatic heterocycles. The summed E-state index contributed by atoms with van der Waals surface area (Å²) in [7, 11) is 0. The molecule has 3 aromatic rings. The molecule has 184 valence electrons. The van der Waals surface area contributed by atoms with Crippen molar-refractivity contribution >= 4 is 35.1 Å². The van der Waals surface area contributed by atoms with Gasteiger partial charge in [-0.25, -0.2) is 9.18 Å². The first-order valence-corrected chi connectivity index (χ1v) is 12.0. The smallest absolute Gasteiger partial charge is 0.341 e. The topological polar surface area (TPSA) is 102 Å². The van der Waals surface area contributed by atoms with Crippen molar-refractivity contribution in [1.82, 2.24) is 0 Å². The van der Waals surface area contributed by atoms with E-state index in [2.05, 4.69) is 0 Å². The number of benzene rings is 3. The number of hydrogen-bond acceptors (Lipinski definition) is 7. The molecule has 2 heterocycles. The van der Waals surface area contributed by atoms with E-state index in [0.717, 1.165) is 5.56 Å². The number of β-lactam (4-membered cyclic amide) rings is 1. The Hall–Kier alpha value is -4.05. The molecule has 2 aliphatic heterocycles. The minimum absolute atomic E-state index is 0.0730. The van der Waals surface area contributed by atoms with Crippen LogP contribution in [0.1, 0.15) is 22.0 Å². The molecule has 2 atom stereocenters. The molecular weight excluding hydrogens is 489 g/mol. The first-order chi connectivity index (χ1) is 17.4. The Kier molecular flexibility index (Phi) is 6.51. The zero-order valence-corrected chi connectivity index (χ0v) is 19.6. The number of Topliss-reactive ketones (excluding diaryl/α,β-unsaturated/α-hetero) is 1. The highest BCUT2D eigenvalue weighted by molar-refractivity contribution is 8.01. The van der Waals surface area contributed by atoms with Crippen LogP contribution in [0, 0.1) is 5.82 Å². The molecule has 0 aliphatic carbocycles. The van der Waals surface area contributed by atoms with Crippen molar-refractivity contribution in [1.29, 1.82) is 0 Å². The maximum atomic E-state index is 13.5. The zero-order valence-electron chi connectivity index (χ0n) is 18.8. The molecule has 0 saturated carbocycles. The van der Waals surface area contributed by atoms with Gasteiger partial charge in [0.25, 0.3) is 0 Å². The number of fused-ring (bicyclic) bond motifs is 1. The average Bonchev–Trinajstić information content (AvgIpc) is 3.35. The van der Waals surface area contributed by atoms with Gasteiger partial charge < -0.3 is 24.2 Å². The SMILES string of the molecule is O=C(O)COc1ccc([C@@H]2[C@@H](SCC(=O)c3ccc4c(c3)OCO4)C(=O)N2c2ccc(F)cc2)cc1. The van der Waals surface area contributed by atoms with Gasteiger partial charge >= 0.3 is 5.97 Å². The third kappa shape index (κ3) is 4.72. The van der Waals surface area contributed by atoms with Gasteiger partial charge in [-0.3, -0.25) is 9.59 Å². The lowest BCUT2D eigenvalue weighted by Gasteiger charge is -2.47. The molecule has 3 aromatic carbocycles. The fourth-order valence-corrected chi connectivity index (χ4v) is 5.28. The first-order valence-electron chi connectivity index (χ1n) is 11.0. The van der Waals surface area contributed by atoms with Crippen molar-refractivity contribution < 1.29 is 38.1 Å². The number of ketones is 1. The van der Waals surface area contributed by atoms with E-state index >= 15 is 0 Å². The van der Waals surface area contributed by atoms with Crippen LogP contribution in [0.15, 0.2) is 66.7 Å². The third-order valence-corrected chi connectivity index (χ3v) is 7.07. The summed E-state index contributed by atoms with van der Waals surface area (Å²) in [6, 6.07) is 16.9. The summed E-state index contributed by atoms with van der Waals surface area (Å²) in [6.07, 6.45) is 0. The Bertz CT molecular complexity index is 1310. The molecule has 5 rings (SSSR count). The summed E-state index contributed by atoms with van der Waals surface area (Å²) in [5.74, 6) is -0.302. The van der Waals surface area contributed by atoms with Crippen LogP contribution in [0.25, 0.3) is 0 Å². The van der Waals surface area contributed by atoms with Gasteiger partial charge in [0.2, 0.25) is 12.7 Å². The summed E-state index contributed by atoms with van der Waals surface area (Å²) < 4.78 is 29.3. The average molecular weight is 510 g/mol. The van der Waals surface area contributed by atoms with E-state index in [1.54, 1.807) is 47.4 Å². The zero-order chi connectivity index (χ0) is 25.2. The van der Waals surface area contributed by atoms with Gasteiger partial charge in [-0.05, 0) is 60.2 Å². The molecule has 1 N–H and O–H groups in total. The second-order valence-electron chi connectivity index (χ2n) is 8.10. The van der Waals surface area contributed by atoms with Crippen molar-refractivity contribution in [3.63, 3.8) is 0 Å². The van der Waals surface area contributed by atoms with Gasteiger partial charge in [-0.15, -0.1) is 11.8 Å². The highest BCUT2D eigenvalue weighted by Crippen LogP contribution is 2.45. The number of aliphatic carboxylic acids is 1. The molecule has 2 aliphatic rings. The van der Waals surface area contributed by atoms with Gasteiger partial charge in [0.1, 0.15) is 16.8 Å². The molecule has 1 amide bonds. The molecular formula is C26H20FNO7S. The normalized spacial score (nSPS) is 18.0. The predicted molar refractivity (Wildman–Crippen MR) is 129 cm³/mol. The molecule has 0 spiro atoms. The van der Waals surface area contributed by atoms with Crippen LogP contribution in [0.5, 0.6) is 17.2 Å². The Balaban J connectivity index is 1.34. The van der Waals surface area contributed by atoms with Gasteiger partial charge in [-0.2, -0.15) is 0 Å². The monoisotopic (exact) mass is 509 g/mol. The maximum Gasteiger partial charge on any atom is 0.341 e. The number of anilines is 1. The van der Waals surface area contributed by atoms with Crippen LogP contribution in [-0.2, 0) is 9.59 Å². The van der Waals surface area contributed by atoms with Gasteiger partial charge in [0.15, 0.2) is 23.9 Å². The van der Waals surface area contributed by atoms with E-state index in [-0.39, 0.29) is 24.2 Å². The second-order valence-corrected chi connectivity index (χ2v) is 9.23. The highest BCUT2D eigenvalue weighted by atomic mass is 32.2. The summed E-state index contributed by atoms with van der Waals surface area (Å²) >= 11 is 1.23. The van der Waals surface area contributed by atoms with Crippen molar-refractivity contribution in [3.8, 4) is 17.2 Å². The fraction of sp³-hybridized carbons (Fsp3) is 0.192. The first kappa shape index (κ1) is 23.7. The number of amides is 1. The van der Waals surface area contributed by atoms with E-state index < -0.39 is 29.7 Å². The number of ether oxygens (including phenoxy) is 3. The van der Waals surface area contributed by atoms with E-state index in [1.165, 1.54) is 36.0 Å².